The molecule has 0 bridgehead atoms. The second kappa shape index (κ2) is 19.5. The Morgan fingerprint density at radius 3 is 2.25 bits per heavy atom. The minimum absolute atomic E-state index is 0.00632. The average Bonchev–Trinajstić information content (AvgIpc) is 3.51. The number of amidine groups is 1. The molecule has 0 unspecified atom stereocenters. The summed E-state index contributed by atoms with van der Waals surface area (Å²) < 4.78 is 41.2. The van der Waals surface area contributed by atoms with Crippen LogP contribution < -0.4 is 21.3 Å². The van der Waals surface area contributed by atoms with Crippen molar-refractivity contribution in [3.8, 4) is 11.1 Å². The van der Waals surface area contributed by atoms with Crippen LogP contribution in [0.1, 0.15) is 56.9 Å². The highest BCUT2D eigenvalue weighted by molar-refractivity contribution is 8.01. The third kappa shape index (κ3) is 13.7. The van der Waals surface area contributed by atoms with Gasteiger partial charge in [-0.15, -0.1) is 23.1 Å². The Labute approximate surface area is 332 Å². The molecule has 0 spiro atoms. The van der Waals surface area contributed by atoms with Crippen molar-refractivity contribution in [2.45, 2.75) is 98.7 Å². The van der Waals surface area contributed by atoms with Crippen molar-refractivity contribution in [2.24, 2.45) is 0 Å². The summed E-state index contributed by atoms with van der Waals surface area (Å²) >= 11 is 2.08. The van der Waals surface area contributed by atoms with Crippen LogP contribution >= 0.6 is 23.1 Å². The standard InChI is InChI=1S/C37H51N5O9S3Si/c1-23-21-25(40-35(46)50-19-20-55(6,7)8)31(54(48,49)27-22-26(53-33(27)52-5)32(38)42-36(47)51-37(2,3)4)30(29(23)24-15-11-9-12-16-24)41-34(45)39-18-14-10-13-17-28(43)44/h9,11-12,15-16,21-22H,10,13-14,17-20H2,1-8H3,(H,40,46)(H,43,44)(H2,38,42,47)(H2,39,41,45). The number of carboxylic acid groups (broad SMARTS) is 1. The van der Waals surface area contributed by atoms with Crippen LogP contribution in [-0.2, 0) is 24.1 Å². The van der Waals surface area contributed by atoms with Crippen LogP contribution in [-0.4, -0.2) is 76.6 Å². The van der Waals surface area contributed by atoms with E-state index >= 15 is 8.42 Å². The monoisotopic (exact) mass is 833 g/mol. The van der Waals surface area contributed by atoms with Gasteiger partial charge in [-0.3, -0.25) is 20.8 Å². The van der Waals surface area contributed by atoms with Gasteiger partial charge in [0.05, 0.1) is 32.0 Å². The molecule has 18 heteroatoms. The molecule has 0 aliphatic rings. The highest BCUT2D eigenvalue weighted by atomic mass is 32.2. The van der Waals surface area contributed by atoms with E-state index in [-0.39, 0.29) is 50.8 Å². The van der Waals surface area contributed by atoms with Gasteiger partial charge < -0.3 is 25.2 Å². The van der Waals surface area contributed by atoms with Gasteiger partial charge in [-0.05, 0) is 76.1 Å². The van der Waals surface area contributed by atoms with E-state index in [9.17, 15) is 19.2 Å². The molecule has 0 radical (unpaired) electrons. The number of carbonyl (C=O) groups is 4. The number of amides is 4. The first-order valence-corrected chi connectivity index (χ1v) is 24.8. The number of nitrogens with one attached hydrogen (secondary N) is 5. The van der Waals surface area contributed by atoms with E-state index < -0.39 is 52.6 Å². The third-order valence-electron chi connectivity index (χ3n) is 7.73. The van der Waals surface area contributed by atoms with E-state index in [1.165, 1.54) is 12.1 Å². The van der Waals surface area contributed by atoms with Gasteiger partial charge in [-0.2, -0.15) is 0 Å². The summed E-state index contributed by atoms with van der Waals surface area (Å²) in [5.74, 6) is -1.29. The maximum absolute atomic E-state index is 15.1. The number of carboxylic acids is 1. The summed E-state index contributed by atoms with van der Waals surface area (Å²) in [5.41, 5.74) is 0.425. The molecule has 0 atom stereocenters. The Morgan fingerprint density at radius 1 is 0.982 bits per heavy atom. The maximum Gasteiger partial charge on any atom is 0.413 e. The van der Waals surface area contributed by atoms with Crippen molar-refractivity contribution in [3.63, 3.8) is 0 Å². The Bertz CT molecular complexity index is 1990. The lowest BCUT2D eigenvalue weighted by Crippen LogP contribution is -2.36. The number of benzene rings is 2. The number of anilines is 2. The first-order chi connectivity index (χ1) is 25.6. The summed E-state index contributed by atoms with van der Waals surface area (Å²) in [5, 5.41) is 28.0. The van der Waals surface area contributed by atoms with Gasteiger partial charge >= 0.3 is 24.2 Å². The van der Waals surface area contributed by atoms with E-state index in [1.54, 1.807) is 64.3 Å². The SMILES string of the molecule is CSc1sc(C(=N)NC(=O)OC(C)(C)C)cc1S(=O)(=O)c1c(NC(=O)OCC[Si](C)(C)C)cc(C)c(-c2ccccc2)c1NC(=O)NCCCCCC(=O)O. The molecule has 55 heavy (non-hydrogen) atoms. The van der Waals surface area contributed by atoms with Gasteiger partial charge in [-0.1, -0.05) is 56.4 Å². The number of hydrogen-bond acceptors (Lipinski definition) is 11. The number of ether oxygens (including phenoxy) is 2. The Morgan fingerprint density at radius 2 is 1.65 bits per heavy atom. The van der Waals surface area contributed by atoms with Crippen LogP contribution in [0.4, 0.5) is 25.8 Å². The zero-order chi connectivity index (χ0) is 41.1. The quantitative estimate of drug-likeness (QED) is 0.0265. The smallest absolute Gasteiger partial charge is 0.413 e. The molecule has 2 aromatic carbocycles. The highest BCUT2D eigenvalue weighted by Crippen LogP contribution is 2.46. The number of unbranched alkanes of at least 4 members (excludes halogenated alkanes) is 2. The first-order valence-electron chi connectivity index (χ1n) is 17.6. The second-order valence-electron chi connectivity index (χ2n) is 14.8. The molecule has 14 nitrogen and oxygen atoms in total. The third-order valence-corrected chi connectivity index (χ3v) is 13.8. The topological polar surface area (TPSA) is 213 Å². The van der Waals surface area contributed by atoms with Gasteiger partial charge in [0.15, 0.2) is 0 Å². The lowest BCUT2D eigenvalue weighted by atomic mass is 9.97. The van der Waals surface area contributed by atoms with Crippen molar-refractivity contribution in [2.75, 3.05) is 30.0 Å². The van der Waals surface area contributed by atoms with E-state index in [0.717, 1.165) is 23.1 Å². The van der Waals surface area contributed by atoms with Crippen LogP contribution in [0.3, 0.4) is 0 Å². The number of rotatable bonds is 16. The normalized spacial score (nSPS) is 11.7. The molecule has 3 aromatic rings. The summed E-state index contributed by atoms with van der Waals surface area (Å²) in [6.07, 6.45) is 1.39. The van der Waals surface area contributed by atoms with E-state index in [2.05, 4.69) is 40.9 Å². The highest BCUT2D eigenvalue weighted by Gasteiger charge is 2.34. The minimum atomic E-state index is -4.65. The summed E-state index contributed by atoms with van der Waals surface area (Å²) in [7, 11) is -6.23. The molecule has 1 aromatic heterocycles. The lowest BCUT2D eigenvalue weighted by molar-refractivity contribution is -0.137. The number of thiophene rings is 1. The Hall–Kier alpha value is -4.39. The molecule has 1 heterocycles. The number of sulfone groups is 1. The Kier molecular flexibility index (Phi) is 15.9. The number of carbonyl (C=O) groups excluding carboxylic acids is 3. The second-order valence-corrected chi connectivity index (χ2v) is 24.4. The molecule has 6 N–H and O–H groups in total. The number of aryl methyl sites for hydroxylation is 1. The number of alkyl carbamates (subject to hydrolysis) is 1. The molecular weight excluding hydrogens is 783 g/mol. The van der Waals surface area contributed by atoms with Crippen molar-refractivity contribution in [1.29, 1.82) is 5.41 Å². The fourth-order valence-electron chi connectivity index (χ4n) is 5.19. The molecule has 0 saturated heterocycles. The molecule has 300 valence electrons. The zero-order valence-corrected chi connectivity index (χ0v) is 35.9. The van der Waals surface area contributed by atoms with E-state index in [4.69, 9.17) is 20.0 Å². The summed E-state index contributed by atoms with van der Waals surface area (Å²) in [4.78, 5) is 49.7. The van der Waals surface area contributed by atoms with E-state index in [0.29, 0.717) is 42.0 Å². The predicted molar refractivity (Wildman–Crippen MR) is 221 cm³/mol. The predicted octanol–water partition coefficient (Wildman–Crippen LogP) is 8.78. The van der Waals surface area contributed by atoms with Crippen molar-refractivity contribution >= 4 is 82.4 Å². The molecule has 0 saturated carbocycles. The summed E-state index contributed by atoms with van der Waals surface area (Å²) in [6.45, 7) is 13.4. The van der Waals surface area contributed by atoms with Crippen molar-refractivity contribution in [1.82, 2.24) is 10.6 Å². The van der Waals surface area contributed by atoms with Crippen molar-refractivity contribution in [3.05, 3.63) is 52.9 Å². The van der Waals surface area contributed by atoms with Crippen LogP contribution in [0.5, 0.6) is 0 Å². The fourth-order valence-corrected chi connectivity index (χ4v) is 10.1. The maximum atomic E-state index is 15.1. The van der Waals surface area contributed by atoms with Crippen LogP contribution in [0.25, 0.3) is 11.1 Å². The number of thioether (sulfide) groups is 1. The molecular formula is C37H51N5O9S3Si. The molecule has 3 rings (SSSR count). The molecule has 0 aliphatic carbocycles. The van der Waals surface area contributed by atoms with Gasteiger partial charge in [0.1, 0.15) is 16.3 Å². The molecule has 0 fully saturated rings. The molecule has 4 amide bonds. The van der Waals surface area contributed by atoms with Gasteiger partial charge in [0, 0.05) is 26.6 Å². The van der Waals surface area contributed by atoms with Crippen LogP contribution in [0, 0.1) is 12.3 Å². The minimum Gasteiger partial charge on any atom is -0.481 e. The first kappa shape index (κ1) is 45.0. The average molecular weight is 834 g/mol. The Balaban J connectivity index is 2.21. The summed E-state index contributed by atoms with van der Waals surface area (Å²) in [6, 6.07) is 11.6. The molecule has 0 aliphatic heterocycles. The van der Waals surface area contributed by atoms with Gasteiger partial charge in [-0.25, -0.2) is 22.8 Å². The van der Waals surface area contributed by atoms with Gasteiger partial charge in [0.25, 0.3) is 0 Å². The fraction of sp³-hybridized carbons (Fsp3) is 0.432. The van der Waals surface area contributed by atoms with E-state index in [1.807, 2.05) is 0 Å². The zero-order valence-electron chi connectivity index (χ0n) is 32.4. The van der Waals surface area contributed by atoms with Crippen molar-refractivity contribution < 1.29 is 42.2 Å². The number of hydrogen-bond donors (Lipinski definition) is 6. The largest absolute Gasteiger partial charge is 0.481 e. The number of urea groups is 1. The number of aliphatic carboxylic acids is 1. The lowest BCUT2D eigenvalue weighted by Gasteiger charge is -2.23. The van der Waals surface area contributed by atoms with Gasteiger partial charge in [0.2, 0.25) is 9.84 Å². The van der Waals surface area contributed by atoms with Crippen LogP contribution in [0.15, 0.2) is 56.5 Å². The van der Waals surface area contributed by atoms with Crippen LogP contribution in [0.2, 0.25) is 25.7 Å².